The van der Waals surface area contributed by atoms with Crippen LogP contribution in [0.25, 0.3) is 10.8 Å². The Kier molecular flexibility index (Phi) is 3.64. The molecule has 106 valence electrons. The van der Waals surface area contributed by atoms with Crippen molar-refractivity contribution in [1.29, 1.82) is 0 Å². The van der Waals surface area contributed by atoms with Crippen molar-refractivity contribution < 1.29 is 9.84 Å². The highest BCUT2D eigenvalue weighted by molar-refractivity contribution is 5.91. The summed E-state index contributed by atoms with van der Waals surface area (Å²) >= 11 is 0. The summed E-state index contributed by atoms with van der Waals surface area (Å²) < 4.78 is 5.42. The minimum atomic E-state index is -0.0545. The Morgan fingerprint density at radius 1 is 1.15 bits per heavy atom. The van der Waals surface area contributed by atoms with Crippen LogP contribution in [0.2, 0.25) is 0 Å². The lowest BCUT2D eigenvalue weighted by atomic mass is 9.77. The molecule has 0 atom stereocenters. The minimum Gasteiger partial charge on any atom is -0.496 e. The summed E-state index contributed by atoms with van der Waals surface area (Å²) in [7, 11) is 1.70. The zero-order valence-electron chi connectivity index (χ0n) is 11.9. The summed E-state index contributed by atoms with van der Waals surface area (Å²) in [6, 6.07) is 12.4. The van der Waals surface area contributed by atoms with Gasteiger partial charge in [-0.3, -0.25) is 0 Å². The molecule has 1 aliphatic rings. The van der Waals surface area contributed by atoms with Gasteiger partial charge in [-0.15, -0.1) is 0 Å². The Labute approximate surface area is 119 Å². The zero-order valence-corrected chi connectivity index (χ0v) is 11.9. The number of fused-ring (bicyclic) bond motifs is 1. The maximum Gasteiger partial charge on any atom is 0.126 e. The highest BCUT2D eigenvalue weighted by Crippen LogP contribution is 2.33. The van der Waals surface area contributed by atoms with Crippen molar-refractivity contribution >= 4 is 10.8 Å². The third-order valence-corrected chi connectivity index (χ3v) is 4.46. The van der Waals surface area contributed by atoms with E-state index in [2.05, 4.69) is 29.6 Å². The molecule has 0 aromatic heterocycles. The molecule has 2 aromatic carbocycles. The molecule has 0 heterocycles. The normalized spacial score (nSPS) is 16.9. The molecule has 3 nitrogen and oxygen atoms in total. The van der Waals surface area contributed by atoms with Gasteiger partial charge >= 0.3 is 0 Å². The molecule has 3 heteroatoms. The molecule has 1 saturated carbocycles. The molecular formula is C17H21NO2. The summed E-state index contributed by atoms with van der Waals surface area (Å²) in [4.78, 5) is 0. The first-order valence-corrected chi connectivity index (χ1v) is 7.18. The van der Waals surface area contributed by atoms with E-state index in [9.17, 15) is 5.11 Å². The molecule has 20 heavy (non-hydrogen) atoms. The number of methoxy groups -OCH3 is 1. The average Bonchev–Trinajstić information content (AvgIpc) is 2.46. The smallest absolute Gasteiger partial charge is 0.126 e. The van der Waals surface area contributed by atoms with Crippen LogP contribution in [0.4, 0.5) is 0 Å². The van der Waals surface area contributed by atoms with Crippen LogP contribution < -0.4 is 10.1 Å². The summed E-state index contributed by atoms with van der Waals surface area (Å²) in [6.07, 6.45) is 3.34. The summed E-state index contributed by atoms with van der Waals surface area (Å²) in [5.74, 6) is 0.907. The molecule has 2 N–H and O–H groups in total. The lowest BCUT2D eigenvalue weighted by molar-refractivity contribution is 0.0873. The average molecular weight is 271 g/mol. The Hall–Kier alpha value is -1.58. The molecule has 2 aromatic rings. The predicted octanol–water partition coefficient (Wildman–Crippen LogP) is 2.85. The number of aliphatic hydroxyl groups is 1. The van der Waals surface area contributed by atoms with Gasteiger partial charge in [0.1, 0.15) is 5.75 Å². The Bertz CT molecular complexity index is 599. The van der Waals surface area contributed by atoms with Crippen molar-refractivity contribution in [3.05, 3.63) is 42.0 Å². The Balaban J connectivity index is 1.88. The first-order chi connectivity index (χ1) is 9.78. The van der Waals surface area contributed by atoms with Crippen LogP contribution in [0.3, 0.4) is 0 Å². The van der Waals surface area contributed by atoms with Crippen LogP contribution in [0, 0.1) is 0 Å². The number of aliphatic hydroxyl groups excluding tert-OH is 1. The van der Waals surface area contributed by atoms with Crippen molar-refractivity contribution in [2.45, 2.75) is 31.3 Å². The minimum absolute atomic E-state index is 0.0545. The van der Waals surface area contributed by atoms with Crippen molar-refractivity contribution in [2.75, 3.05) is 13.7 Å². The standard InChI is InChI=1S/C17H21NO2/c1-20-16-8-7-13(14-5-2-3-6-15(14)16)11-18-17(12-19)9-4-10-17/h2-3,5-8,18-19H,4,9-12H2,1H3. The first kappa shape index (κ1) is 13.4. The highest BCUT2D eigenvalue weighted by atomic mass is 16.5. The molecule has 0 unspecified atom stereocenters. The van der Waals surface area contributed by atoms with E-state index in [1.165, 1.54) is 17.4 Å². The predicted molar refractivity (Wildman–Crippen MR) is 81.0 cm³/mol. The number of hydrogen-bond donors (Lipinski definition) is 2. The van der Waals surface area contributed by atoms with Gasteiger partial charge in [0.25, 0.3) is 0 Å². The van der Waals surface area contributed by atoms with Crippen LogP contribution in [0.15, 0.2) is 36.4 Å². The largest absolute Gasteiger partial charge is 0.496 e. The van der Waals surface area contributed by atoms with Gasteiger partial charge in [0, 0.05) is 17.5 Å². The van der Waals surface area contributed by atoms with Crippen molar-refractivity contribution in [2.24, 2.45) is 0 Å². The van der Waals surface area contributed by atoms with Crippen molar-refractivity contribution in [1.82, 2.24) is 5.32 Å². The summed E-state index contributed by atoms with van der Waals surface area (Å²) in [5.41, 5.74) is 1.20. The second kappa shape index (κ2) is 5.43. The monoisotopic (exact) mass is 271 g/mol. The number of benzene rings is 2. The van der Waals surface area contributed by atoms with Crippen LogP contribution in [0.5, 0.6) is 5.75 Å². The molecule has 1 aliphatic carbocycles. The fourth-order valence-electron chi connectivity index (χ4n) is 2.94. The van der Waals surface area contributed by atoms with E-state index in [0.29, 0.717) is 0 Å². The first-order valence-electron chi connectivity index (χ1n) is 7.18. The van der Waals surface area contributed by atoms with Crippen LogP contribution in [0.1, 0.15) is 24.8 Å². The topological polar surface area (TPSA) is 41.5 Å². The van der Waals surface area contributed by atoms with E-state index in [1.807, 2.05) is 12.1 Å². The Morgan fingerprint density at radius 3 is 2.50 bits per heavy atom. The highest BCUT2D eigenvalue weighted by Gasteiger charge is 2.35. The molecule has 0 amide bonds. The van der Waals surface area contributed by atoms with Crippen LogP contribution in [-0.2, 0) is 6.54 Å². The zero-order chi connectivity index (χ0) is 14.0. The fraction of sp³-hybridized carbons (Fsp3) is 0.412. The molecule has 0 bridgehead atoms. The molecule has 3 rings (SSSR count). The molecule has 0 saturated heterocycles. The lowest BCUT2D eigenvalue weighted by Crippen LogP contribution is -2.53. The summed E-state index contributed by atoms with van der Waals surface area (Å²) in [6.45, 7) is 1.01. The summed E-state index contributed by atoms with van der Waals surface area (Å²) in [5, 5.41) is 15.4. The Morgan fingerprint density at radius 2 is 1.90 bits per heavy atom. The quantitative estimate of drug-likeness (QED) is 0.878. The van der Waals surface area contributed by atoms with Gasteiger partial charge in [0.05, 0.1) is 13.7 Å². The van der Waals surface area contributed by atoms with E-state index in [-0.39, 0.29) is 12.1 Å². The van der Waals surface area contributed by atoms with Gasteiger partial charge in [-0.25, -0.2) is 0 Å². The van der Waals surface area contributed by atoms with Crippen molar-refractivity contribution in [3.63, 3.8) is 0 Å². The molecule has 0 aliphatic heterocycles. The molecular weight excluding hydrogens is 250 g/mol. The van der Waals surface area contributed by atoms with E-state index >= 15 is 0 Å². The van der Waals surface area contributed by atoms with Gasteiger partial charge in [0.15, 0.2) is 0 Å². The third kappa shape index (κ3) is 2.28. The molecule has 1 fully saturated rings. The van der Waals surface area contributed by atoms with Crippen LogP contribution in [-0.4, -0.2) is 24.4 Å². The van der Waals surface area contributed by atoms with Crippen LogP contribution >= 0.6 is 0 Å². The second-order valence-electron chi connectivity index (χ2n) is 5.62. The van der Waals surface area contributed by atoms with Gasteiger partial charge in [-0.05, 0) is 36.3 Å². The second-order valence-corrected chi connectivity index (χ2v) is 5.62. The number of nitrogens with one attached hydrogen (secondary N) is 1. The maximum absolute atomic E-state index is 9.53. The molecule has 0 spiro atoms. The fourth-order valence-corrected chi connectivity index (χ4v) is 2.94. The van der Waals surface area contributed by atoms with E-state index in [4.69, 9.17) is 4.74 Å². The number of hydrogen-bond acceptors (Lipinski definition) is 3. The van der Waals surface area contributed by atoms with Gasteiger partial charge in [-0.2, -0.15) is 0 Å². The maximum atomic E-state index is 9.53. The van der Waals surface area contributed by atoms with Crippen molar-refractivity contribution in [3.8, 4) is 5.75 Å². The van der Waals surface area contributed by atoms with E-state index in [1.54, 1.807) is 7.11 Å². The SMILES string of the molecule is COc1ccc(CNC2(CO)CCC2)c2ccccc12. The van der Waals surface area contributed by atoms with Gasteiger partial charge in [-0.1, -0.05) is 30.3 Å². The number of rotatable bonds is 5. The molecule has 0 radical (unpaired) electrons. The third-order valence-electron chi connectivity index (χ3n) is 4.46. The van der Waals surface area contributed by atoms with E-state index in [0.717, 1.165) is 30.5 Å². The number of ether oxygens (including phenoxy) is 1. The van der Waals surface area contributed by atoms with Gasteiger partial charge < -0.3 is 15.2 Å². The van der Waals surface area contributed by atoms with Gasteiger partial charge in [0.2, 0.25) is 0 Å². The van der Waals surface area contributed by atoms with E-state index < -0.39 is 0 Å². The lowest BCUT2D eigenvalue weighted by Gasteiger charge is -2.41.